The second-order valence-electron chi connectivity index (χ2n) is 6.74. The first-order valence-electron chi connectivity index (χ1n) is 9.36. The molecule has 0 fully saturated rings. The minimum Gasteiger partial charge on any atom is -0.489 e. The molecule has 0 saturated carbocycles. The lowest BCUT2D eigenvalue weighted by molar-refractivity contribution is 0.102. The van der Waals surface area contributed by atoms with Gasteiger partial charge in [0, 0.05) is 5.69 Å². The van der Waals surface area contributed by atoms with Gasteiger partial charge in [0.1, 0.15) is 18.6 Å². The van der Waals surface area contributed by atoms with E-state index < -0.39 is 0 Å². The Bertz CT molecular complexity index is 891. The minimum atomic E-state index is -0.343. The van der Waals surface area contributed by atoms with Crippen molar-refractivity contribution in [2.24, 2.45) is 11.7 Å². The Morgan fingerprint density at radius 1 is 1.18 bits per heavy atom. The van der Waals surface area contributed by atoms with E-state index in [1.54, 1.807) is 12.1 Å². The second-order valence-corrected chi connectivity index (χ2v) is 6.74. The molecule has 1 heterocycles. The van der Waals surface area contributed by atoms with Crippen molar-refractivity contribution in [2.75, 3.05) is 5.32 Å². The molecule has 0 radical (unpaired) electrons. The topological polar surface area (TPSA) is 90.4 Å². The van der Waals surface area contributed by atoms with Crippen molar-refractivity contribution in [3.63, 3.8) is 0 Å². The molecule has 2 unspecified atom stereocenters. The molecule has 6 nitrogen and oxygen atoms in total. The van der Waals surface area contributed by atoms with E-state index in [0.29, 0.717) is 18.2 Å². The van der Waals surface area contributed by atoms with Crippen molar-refractivity contribution in [2.45, 2.75) is 32.9 Å². The van der Waals surface area contributed by atoms with Crippen molar-refractivity contribution < 1.29 is 13.9 Å². The monoisotopic (exact) mass is 379 g/mol. The highest BCUT2D eigenvalue weighted by molar-refractivity contribution is 6.02. The number of carbonyl (C=O) groups excluding carboxylic acids is 1. The Morgan fingerprint density at radius 3 is 2.57 bits per heavy atom. The van der Waals surface area contributed by atoms with Crippen LogP contribution in [0.1, 0.15) is 48.3 Å². The van der Waals surface area contributed by atoms with Gasteiger partial charge in [-0.05, 0) is 35.7 Å². The number of hydrogen-bond donors (Lipinski definition) is 2. The standard InChI is InChI=1S/C22H25N3O3/c1-3-15(2)20(23)22-25-19(14-28-22)21(26)24-17-9-11-18(12-10-17)27-13-16-7-5-4-6-8-16/h4-12,14-15,20H,3,13,23H2,1-2H3,(H,24,26). The van der Waals surface area contributed by atoms with E-state index in [-0.39, 0.29) is 23.6 Å². The molecule has 3 N–H and O–H groups in total. The number of anilines is 1. The largest absolute Gasteiger partial charge is 0.489 e. The summed E-state index contributed by atoms with van der Waals surface area (Å²) >= 11 is 0. The first-order valence-corrected chi connectivity index (χ1v) is 9.36. The fourth-order valence-electron chi connectivity index (χ4n) is 2.61. The van der Waals surface area contributed by atoms with Crippen LogP contribution in [0.5, 0.6) is 5.75 Å². The fraction of sp³-hybridized carbons (Fsp3) is 0.273. The number of rotatable bonds is 8. The highest BCUT2D eigenvalue weighted by Crippen LogP contribution is 2.22. The van der Waals surface area contributed by atoms with Crippen LogP contribution < -0.4 is 15.8 Å². The summed E-state index contributed by atoms with van der Waals surface area (Å²) in [4.78, 5) is 16.6. The lowest BCUT2D eigenvalue weighted by atomic mass is 10.0. The molecule has 146 valence electrons. The van der Waals surface area contributed by atoms with Crippen LogP contribution in [0, 0.1) is 5.92 Å². The molecular weight excluding hydrogens is 354 g/mol. The van der Waals surface area contributed by atoms with Crippen LogP contribution >= 0.6 is 0 Å². The van der Waals surface area contributed by atoms with Crippen molar-refractivity contribution >= 4 is 11.6 Å². The van der Waals surface area contributed by atoms with Crippen molar-refractivity contribution in [3.05, 3.63) is 78.0 Å². The average Bonchev–Trinajstić information content (AvgIpc) is 3.23. The molecule has 0 aliphatic rings. The molecule has 28 heavy (non-hydrogen) atoms. The lowest BCUT2D eigenvalue weighted by Gasteiger charge is -2.13. The summed E-state index contributed by atoms with van der Waals surface area (Å²) in [5, 5.41) is 2.80. The molecule has 1 amide bonds. The summed E-state index contributed by atoms with van der Waals surface area (Å²) in [7, 11) is 0. The van der Waals surface area contributed by atoms with Crippen LogP contribution in [0.25, 0.3) is 0 Å². The fourth-order valence-corrected chi connectivity index (χ4v) is 2.61. The van der Waals surface area contributed by atoms with Gasteiger partial charge in [-0.25, -0.2) is 4.98 Å². The van der Waals surface area contributed by atoms with Gasteiger partial charge in [0.05, 0.1) is 6.04 Å². The second kappa shape index (κ2) is 9.19. The van der Waals surface area contributed by atoms with Gasteiger partial charge in [0.25, 0.3) is 5.91 Å². The van der Waals surface area contributed by atoms with E-state index >= 15 is 0 Å². The Morgan fingerprint density at radius 2 is 1.89 bits per heavy atom. The van der Waals surface area contributed by atoms with Crippen LogP contribution in [0.2, 0.25) is 0 Å². The van der Waals surface area contributed by atoms with Gasteiger partial charge < -0.3 is 20.2 Å². The molecule has 1 aromatic heterocycles. The number of ether oxygens (including phenoxy) is 1. The van der Waals surface area contributed by atoms with E-state index in [0.717, 1.165) is 17.7 Å². The molecule has 0 saturated heterocycles. The summed E-state index contributed by atoms with van der Waals surface area (Å²) in [6.07, 6.45) is 2.24. The number of benzene rings is 2. The van der Waals surface area contributed by atoms with E-state index in [1.165, 1.54) is 6.26 Å². The van der Waals surface area contributed by atoms with Crippen molar-refractivity contribution in [1.82, 2.24) is 4.98 Å². The van der Waals surface area contributed by atoms with Gasteiger partial charge in [-0.1, -0.05) is 50.6 Å². The molecule has 3 rings (SSSR count). The average molecular weight is 379 g/mol. The first kappa shape index (κ1) is 19.6. The molecule has 0 aliphatic carbocycles. The van der Waals surface area contributed by atoms with Crippen LogP contribution in [0.4, 0.5) is 5.69 Å². The quantitative estimate of drug-likeness (QED) is 0.599. The minimum absolute atomic E-state index is 0.207. The Hall–Kier alpha value is -3.12. The van der Waals surface area contributed by atoms with Gasteiger partial charge in [0.2, 0.25) is 5.89 Å². The summed E-state index contributed by atoms with van der Waals surface area (Å²) in [5.41, 5.74) is 8.05. The van der Waals surface area contributed by atoms with Crippen LogP contribution in [-0.4, -0.2) is 10.9 Å². The maximum absolute atomic E-state index is 12.4. The number of hydrogen-bond acceptors (Lipinski definition) is 5. The summed E-state index contributed by atoms with van der Waals surface area (Å²) < 4.78 is 11.1. The molecule has 3 aromatic rings. The summed E-state index contributed by atoms with van der Waals surface area (Å²) in [6.45, 7) is 4.56. The predicted molar refractivity (Wildman–Crippen MR) is 108 cm³/mol. The van der Waals surface area contributed by atoms with Crippen LogP contribution in [0.3, 0.4) is 0 Å². The number of oxazole rings is 1. The normalized spacial score (nSPS) is 13.0. The zero-order valence-corrected chi connectivity index (χ0v) is 16.1. The lowest BCUT2D eigenvalue weighted by Crippen LogP contribution is -2.19. The molecule has 6 heteroatoms. The van der Waals surface area contributed by atoms with Gasteiger partial charge in [-0.15, -0.1) is 0 Å². The third-order valence-electron chi connectivity index (χ3n) is 4.66. The predicted octanol–water partition coefficient (Wildman–Crippen LogP) is 4.55. The molecule has 2 atom stereocenters. The number of nitrogens with zero attached hydrogens (tertiary/aromatic N) is 1. The SMILES string of the molecule is CCC(C)C(N)c1nc(C(=O)Nc2ccc(OCc3ccccc3)cc2)co1. The zero-order valence-electron chi connectivity index (χ0n) is 16.1. The van der Waals surface area contributed by atoms with E-state index in [2.05, 4.69) is 10.3 Å². The Kier molecular flexibility index (Phi) is 6.45. The Balaban J connectivity index is 1.56. The van der Waals surface area contributed by atoms with Gasteiger partial charge >= 0.3 is 0 Å². The number of amides is 1. The first-order chi connectivity index (χ1) is 13.6. The van der Waals surface area contributed by atoms with E-state index in [9.17, 15) is 4.79 Å². The third kappa shape index (κ3) is 4.98. The molecular formula is C22H25N3O3. The number of nitrogens with one attached hydrogen (secondary N) is 1. The summed E-state index contributed by atoms with van der Waals surface area (Å²) in [6, 6.07) is 16.8. The Labute approximate surface area is 164 Å². The number of aromatic nitrogens is 1. The smallest absolute Gasteiger partial charge is 0.277 e. The molecule has 2 aromatic carbocycles. The van der Waals surface area contributed by atoms with Crippen LogP contribution in [-0.2, 0) is 6.61 Å². The summed E-state index contributed by atoms with van der Waals surface area (Å²) in [5.74, 6) is 0.983. The van der Waals surface area contributed by atoms with Crippen molar-refractivity contribution in [3.8, 4) is 5.75 Å². The van der Waals surface area contributed by atoms with E-state index in [4.69, 9.17) is 14.9 Å². The highest BCUT2D eigenvalue weighted by atomic mass is 16.5. The highest BCUT2D eigenvalue weighted by Gasteiger charge is 2.21. The molecule has 0 spiro atoms. The van der Waals surface area contributed by atoms with Crippen LogP contribution in [0.15, 0.2) is 65.3 Å². The van der Waals surface area contributed by atoms with Gasteiger partial charge in [-0.2, -0.15) is 0 Å². The van der Waals surface area contributed by atoms with E-state index in [1.807, 2.05) is 56.3 Å². The number of carbonyl (C=O) groups is 1. The molecule has 0 aliphatic heterocycles. The maximum Gasteiger partial charge on any atom is 0.277 e. The van der Waals surface area contributed by atoms with Gasteiger partial charge in [0.15, 0.2) is 5.69 Å². The number of nitrogens with two attached hydrogens (primary N) is 1. The molecule has 0 bridgehead atoms. The van der Waals surface area contributed by atoms with Crippen molar-refractivity contribution in [1.29, 1.82) is 0 Å². The third-order valence-corrected chi connectivity index (χ3v) is 4.66. The van der Waals surface area contributed by atoms with Gasteiger partial charge in [-0.3, -0.25) is 4.79 Å². The maximum atomic E-state index is 12.4. The zero-order chi connectivity index (χ0) is 19.9.